The van der Waals surface area contributed by atoms with Crippen LogP contribution in [0, 0.1) is 0 Å². The van der Waals surface area contributed by atoms with Gasteiger partial charge < -0.3 is 11.5 Å². The van der Waals surface area contributed by atoms with E-state index in [2.05, 4.69) is 0 Å². The van der Waals surface area contributed by atoms with Crippen LogP contribution in [0.4, 0.5) is 5.69 Å². The SMILES string of the molecule is NCCCC(=O)N1C(=O)Cc2cc(CN)ccc21. The van der Waals surface area contributed by atoms with Gasteiger partial charge in [0.25, 0.3) is 0 Å². The van der Waals surface area contributed by atoms with Gasteiger partial charge >= 0.3 is 0 Å². The van der Waals surface area contributed by atoms with Crippen molar-refractivity contribution in [1.82, 2.24) is 0 Å². The number of carbonyl (C=O) groups is 2. The average molecular weight is 247 g/mol. The van der Waals surface area contributed by atoms with Crippen molar-refractivity contribution in [3.8, 4) is 0 Å². The summed E-state index contributed by atoms with van der Waals surface area (Å²) in [4.78, 5) is 25.1. The molecule has 2 amide bonds. The standard InChI is InChI=1S/C13H17N3O2/c14-5-1-2-12(17)16-11-4-3-9(8-15)6-10(11)7-13(16)18/h3-4,6H,1-2,5,7-8,14-15H2. The molecule has 0 spiro atoms. The Hall–Kier alpha value is -1.72. The van der Waals surface area contributed by atoms with E-state index in [1.54, 1.807) is 6.07 Å². The zero-order valence-electron chi connectivity index (χ0n) is 10.2. The van der Waals surface area contributed by atoms with E-state index in [1.165, 1.54) is 4.90 Å². The molecule has 0 atom stereocenters. The predicted octanol–water partition coefficient (Wildman–Crippen LogP) is 0.300. The normalized spacial score (nSPS) is 13.9. The van der Waals surface area contributed by atoms with Gasteiger partial charge in [-0.1, -0.05) is 12.1 Å². The van der Waals surface area contributed by atoms with E-state index in [0.29, 0.717) is 31.6 Å². The zero-order valence-corrected chi connectivity index (χ0v) is 10.2. The lowest BCUT2D eigenvalue weighted by Gasteiger charge is -2.15. The number of benzene rings is 1. The second-order valence-electron chi connectivity index (χ2n) is 4.36. The van der Waals surface area contributed by atoms with Crippen LogP contribution in [0.1, 0.15) is 24.0 Å². The van der Waals surface area contributed by atoms with Crippen molar-refractivity contribution in [3.63, 3.8) is 0 Å². The molecular formula is C13H17N3O2. The summed E-state index contributed by atoms with van der Waals surface area (Å²) >= 11 is 0. The second-order valence-corrected chi connectivity index (χ2v) is 4.36. The smallest absolute Gasteiger partial charge is 0.238 e. The first-order chi connectivity index (χ1) is 8.67. The number of hydrogen-bond donors (Lipinski definition) is 2. The van der Waals surface area contributed by atoms with E-state index in [4.69, 9.17) is 11.5 Å². The fraction of sp³-hybridized carbons (Fsp3) is 0.385. The Morgan fingerprint density at radius 2 is 2.11 bits per heavy atom. The van der Waals surface area contributed by atoms with Gasteiger partial charge in [-0.15, -0.1) is 0 Å². The highest BCUT2D eigenvalue weighted by molar-refractivity contribution is 6.19. The molecule has 4 N–H and O–H groups in total. The molecule has 0 aromatic heterocycles. The third-order valence-corrected chi connectivity index (χ3v) is 3.06. The third-order valence-electron chi connectivity index (χ3n) is 3.06. The molecule has 96 valence electrons. The zero-order chi connectivity index (χ0) is 13.1. The minimum Gasteiger partial charge on any atom is -0.330 e. The van der Waals surface area contributed by atoms with Gasteiger partial charge in [0.15, 0.2) is 0 Å². The van der Waals surface area contributed by atoms with Gasteiger partial charge in [0, 0.05) is 13.0 Å². The summed E-state index contributed by atoms with van der Waals surface area (Å²) in [6.45, 7) is 0.884. The number of amides is 2. The number of fused-ring (bicyclic) bond motifs is 1. The Bertz CT molecular complexity index is 485. The highest BCUT2D eigenvalue weighted by Crippen LogP contribution is 2.30. The van der Waals surface area contributed by atoms with Gasteiger partial charge in [0.05, 0.1) is 12.1 Å². The summed E-state index contributed by atoms with van der Waals surface area (Å²) in [5.41, 5.74) is 13.5. The van der Waals surface area contributed by atoms with E-state index in [0.717, 1.165) is 11.1 Å². The molecule has 0 radical (unpaired) electrons. The monoisotopic (exact) mass is 247 g/mol. The van der Waals surface area contributed by atoms with Crippen molar-refractivity contribution in [3.05, 3.63) is 29.3 Å². The van der Waals surface area contributed by atoms with Crippen LogP contribution in [0.15, 0.2) is 18.2 Å². The lowest BCUT2D eigenvalue weighted by atomic mass is 10.1. The summed E-state index contributed by atoms with van der Waals surface area (Å²) in [6, 6.07) is 5.53. The first kappa shape index (κ1) is 12.7. The van der Waals surface area contributed by atoms with Crippen molar-refractivity contribution < 1.29 is 9.59 Å². The maximum Gasteiger partial charge on any atom is 0.238 e. The van der Waals surface area contributed by atoms with Crippen molar-refractivity contribution in [1.29, 1.82) is 0 Å². The Balaban J connectivity index is 2.25. The number of carbonyl (C=O) groups excluding carboxylic acids is 2. The van der Waals surface area contributed by atoms with E-state index >= 15 is 0 Å². The third kappa shape index (κ3) is 2.27. The van der Waals surface area contributed by atoms with Crippen LogP contribution in [0.2, 0.25) is 0 Å². The highest BCUT2D eigenvalue weighted by atomic mass is 16.2. The molecule has 0 unspecified atom stereocenters. The molecule has 1 aromatic rings. The topological polar surface area (TPSA) is 89.4 Å². The van der Waals surface area contributed by atoms with Gasteiger partial charge in [-0.3, -0.25) is 9.59 Å². The van der Waals surface area contributed by atoms with Crippen LogP contribution in [-0.2, 0) is 22.6 Å². The van der Waals surface area contributed by atoms with Crippen LogP contribution in [-0.4, -0.2) is 18.4 Å². The highest BCUT2D eigenvalue weighted by Gasteiger charge is 2.31. The summed E-state index contributed by atoms with van der Waals surface area (Å²) in [5.74, 6) is -0.342. The fourth-order valence-electron chi connectivity index (χ4n) is 2.14. The molecule has 0 fully saturated rings. The first-order valence-corrected chi connectivity index (χ1v) is 6.05. The Labute approximate surface area is 106 Å². The molecular weight excluding hydrogens is 230 g/mol. The number of hydrogen-bond acceptors (Lipinski definition) is 4. The van der Waals surface area contributed by atoms with E-state index in [1.807, 2.05) is 12.1 Å². The van der Waals surface area contributed by atoms with Gasteiger partial charge in [0.1, 0.15) is 0 Å². The van der Waals surface area contributed by atoms with Crippen molar-refractivity contribution in [2.24, 2.45) is 11.5 Å². The number of nitrogens with two attached hydrogens (primary N) is 2. The fourth-order valence-corrected chi connectivity index (χ4v) is 2.14. The second kappa shape index (κ2) is 5.29. The summed E-state index contributed by atoms with van der Waals surface area (Å²) in [5, 5.41) is 0. The molecule has 1 aliphatic rings. The quantitative estimate of drug-likeness (QED) is 0.800. The van der Waals surface area contributed by atoms with Crippen molar-refractivity contribution in [2.75, 3.05) is 11.4 Å². The largest absolute Gasteiger partial charge is 0.330 e. The van der Waals surface area contributed by atoms with Gasteiger partial charge in [0.2, 0.25) is 11.8 Å². The molecule has 0 saturated heterocycles. The summed E-state index contributed by atoms with van der Waals surface area (Å²) in [7, 11) is 0. The Kier molecular flexibility index (Phi) is 3.74. The predicted molar refractivity (Wildman–Crippen MR) is 68.8 cm³/mol. The molecule has 18 heavy (non-hydrogen) atoms. The van der Waals surface area contributed by atoms with E-state index in [9.17, 15) is 9.59 Å². The van der Waals surface area contributed by atoms with Gasteiger partial charge in [-0.05, 0) is 30.2 Å². The number of anilines is 1. The van der Waals surface area contributed by atoms with Crippen molar-refractivity contribution >= 4 is 17.5 Å². The number of rotatable bonds is 4. The molecule has 5 heteroatoms. The first-order valence-electron chi connectivity index (χ1n) is 6.05. The molecule has 5 nitrogen and oxygen atoms in total. The van der Waals surface area contributed by atoms with Gasteiger partial charge in [-0.25, -0.2) is 4.90 Å². The molecule has 0 aliphatic carbocycles. The minimum absolute atomic E-state index is 0.166. The lowest BCUT2D eigenvalue weighted by Crippen LogP contribution is -2.33. The van der Waals surface area contributed by atoms with Crippen LogP contribution in [0.3, 0.4) is 0 Å². The summed E-state index contributed by atoms with van der Waals surface area (Å²) < 4.78 is 0. The molecule has 2 rings (SSSR count). The van der Waals surface area contributed by atoms with Crippen molar-refractivity contribution in [2.45, 2.75) is 25.8 Å². The summed E-state index contributed by atoms with van der Waals surface area (Å²) in [6.07, 6.45) is 1.18. The van der Waals surface area contributed by atoms with Crippen LogP contribution >= 0.6 is 0 Å². The molecule has 1 aliphatic heterocycles. The van der Waals surface area contributed by atoms with E-state index < -0.39 is 0 Å². The molecule has 0 saturated carbocycles. The maximum atomic E-state index is 12.0. The van der Waals surface area contributed by atoms with E-state index in [-0.39, 0.29) is 18.2 Å². The van der Waals surface area contributed by atoms with Crippen LogP contribution < -0.4 is 16.4 Å². The van der Waals surface area contributed by atoms with Gasteiger partial charge in [-0.2, -0.15) is 0 Å². The van der Waals surface area contributed by atoms with Crippen LogP contribution in [0.5, 0.6) is 0 Å². The molecule has 0 bridgehead atoms. The van der Waals surface area contributed by atoms with Crippen LogP contribution in [0.25, 0.3) is 0 Å². The Morgan fingerprint density at radius 3 is 2.78 bits per heavy atom. The minimum atomic E-state index is -0.176. The maximum absolute atomic E-state index is 12.0. The number of imide groups is 1. The lowest BCUT2D eigenvalue weighted by molar-refractivity contribution is -0.125. The molecule has 1 aromatic carbocycles. The average Bonchev–Trinajstić information content (AvgIpc) is 2.70. The number of nitrogens with zero attached hydrogens (tertiary/aromatic N) is 1. The molecule has 1 heterocycles. The Morgan fingerprint density at radius 1 is 1.33 bits per heavy atom.